The summed E-state index contributed by atoms with van der Waals surface area (Å²) >= 11 is -2.78. The van der Waals surface area contributed by atoms with Crippen LogP contribution in [0.2, 0.25) is 0 Å². The molecule has 0 fully saturated rings. The van der Waals surface area contributed by atoms with Crippen molar-refractivity contribution in [3.63, 3.8) is 0 Å². The Labute approximate surface area is 256 Å². The van der Waals surface area contributed by atoms with Crippen LogP contribution in [-0.2, 0) is 22.4 Å². The summed E-state index contributed by atoms with van der Waals surface area (Å²) in [5.41, 5.74) is 12.1. The number of pyridine rings is 4. The highest BCUT2D eigenvalue weighted by molar-refractivity contribution is 7.92. The van der Waals surface area contributed by atoms with E-state index in [2.05, 4.69) is 46.0 Å². The number of benzene rings is 2. The zero-order chi connectivity index (χ0) is 28.4. The molecule has 6 aromatic rings. The summed E-state index contributed by atoms with van der Waals surface area (Å²) in [6.07, 6.45) is 7.88. The third-order valence-corrected chi connectivity index (χ3v) is 13.7. The van der Waals surface area contributed by atoms with Crippen molar-refractivity contribution in [2.75, 3.05) is 0 Å². The van der Waals surface area contributed by atoms with Gasteiger partial charge >= 0.3 is 24.8 Å². The molecule has 2 aromatic carbocycles. The quantitative estimate of drug-likeness (QED) is 0.0993. The number of hydrogen-bond donors (Lipinski definition) is 0. The van der Waals surface area contributed by atoms with Gasteiger partial charge in [-0.25, -0.2) is 0 Å². The molecule has 1 spiro atoms. The summed E-state index contributed by atoms with van der Waals surface area (Å²) in [6, 6.07) is 20.2. The second kappa shape index (κ2) is 6.63. The van der Waals surface area contributed by atoms with E-state index in [-0.39, 0.29) is 18.1 Å². The number of aromatic nitrogens is 4. The van der Waals surface area contributed by atoms with E-state index in [4.69, 9.17) is 14.7 Å². The highest BCUT2D eigenvalue weighted by atomic mass is 32.2. The molecule has 8 nitrogen and oxygen atoms in total. The van der Waals surface area contributed by atoms with Crippen LogP contribution in [0.3, 0.4) is 0 Å². The Balaban J connectivity index is 1.32. The van der Waals surface area contributed by atoms with Gasteiger partial charge in [-0.3, -0.25) is 9.97 Å². The van der Waals surface area contributed by atoms with Gasteiger partial charge in [0.25, 0.3) is 0 Å². The minimum atomic E-state index is -1.39. The number of ether oxygens (including phenoxy) is 1. The third kappa shape index (κ3) is 1.92. The Hall–Kier alpha value is -4.45. The first-order valence-electron chi connectivity index (χ1n) is 14.5. The summed E-state index contributed by atoms with van der Waals surface area (Å²) in [6.45, 7) is -0.258. The summed E-state index contributed by atoms with van der Waals surface area (Å²) in [4.78, 5) is 13.0. The monoisotopic (exact) mass is 602 g/mol. The minimum absolute atomic E-state index is 0.129. The molecular formula is C32H14B2N5O3S2+3. The molecule has 200 valence electrons. The summed E-state index contributed by atoms with van der Waals surface area (Å²) in [7, 11) is 0. The molecule has 11 heterocycles. The van der Waals surface area contributed by atoms with E-state index in [0.717, 1.165) is 98.0 Å². The fourth-order valence-electron chi connectivity index (χ4n) is 9.39. The number of rotatable bonds is 0. The van der Waals surface area contributed by atoms with Crippen LogP contribution in [0.5, 0.6) is 11.5 Å². The Morgan fingerprint density at radius 2 is 1.09 bits per heavy atom. The molecule has 13 rings (SSSR count). The molecule has 0 saturated carbocycles. The second-order valence-electron chi connectivity index (χ2n) is 12.2. The van der Waals surface area contributed by atoms with E-state index < -0.39 is 22.4 Å². The first-order chi connectivity index (χ1) is 21.7. The van der Waals surface area contributed by atoms with Crippen molar-refractivity contribution in [2.45, 2.75) is 19.6 Å². The first-order valence-corrected chi connectivity index (χ1v) is 16.8. The predicted octanol–water partition coefficient (Wildman–Crippen LogP) is -0.697. The van der Waals surface area contributed by atoms with Crippen LogP contribution in [0, 0.1) is 0 Å². The number of fused-ring (bicyclic) bond motifs is 2. The van der Waals surface area contributed by atoms with Crippen LogP contribution in [-0.4, -0.2) is 32.5 Å². The lowest BCUT2D eigenvalue weighted by atomic mass is 9.38. The van der Waals surface area contributed by atoms with E-state index in [1.165, 1.54) is 0 Å². The smallest absolute Gasteiger partial charge is 0.356 e. The zero-order valence-corrected chi connectivity index (χ0v) is 24.1. The molecule has 0 saturated heterocycles. The van der Waals surface area contributed by atoms with Crippen molar-refractivity contribution in [2.24, 2.45) is 0 Å². The molecular weight excluding hydrogens is 588 g/mol. The summed E-state index contributed by atoms with van der Waals surface area (Å²) in [5, 5.41) is 0. The number of quaternary nitrogens is 1. The maximum absolute atomic E-state index is 14.4. The van der Waals surface area contributed by atoms with Crippen molar-refractivity contribution in [3.8, 4) is 34.0 Å². The van der Waals surface area contributed by atoms with Crippen LogP contribution in [0.15, 0.2) is 105 Å². The molecule has 4 aromatic heterocycles. The van der Waals surface area contributed by atoms with Crippen molar-refractivity contribution >= 4 is 80.2 Å². The highest BCUT2D eigenvalue weighted by Crippen LogP contribution is 2.53. The fraction of sp³-hybridized carbons (Fsp3) is 0. The van der Waals surface area contributed by atoms with Crippen LogP contribution >= 0.6 is 0 Å². The molecule has 0 N–H and O–H groups in total. The second-order valence-corrected chi connectivity index (χ2v) is 15.0. The molecule has 0 bridgehead atoms. The molecule has 2 atom stereocenters. The van der Waals surface area contributed by atoms with Gasteiger partial charge in [-0.05, 0) is 36.4 Å². The van der Waals surface area contributed by atoms with Gasteiger partial charge in [0, 0.05) is 79.3 Å². The van der Waals surface area contributed by atoms with Gasteiger partial charge < -0.3 is 13.8 Å². The van der Waals surface area contributed by atoms with E-state index in [1.807, 2.05) is 36.4 Å². The lowest BCUT2D eigenvalue weighted by Crippen LogP contribution is -2.99. The van der Waals surface area contributed by atoms with Gasteiger partial charge in [-0.15, -0.1) is 0 Å². The van der Waals surface area contributed by atoms with Crippen molar-refractivity contribution < 1.29 is 23.2 Å². The van der Waals surface area contributed by atoms with Crippen molar-refractivity contribution in [1.82, 2.24) is 14.7 Å². The number of nitrogens with zero attached hydrogens (tertiary/aromatic N) is 5. The largest absolute Gasteiger partial charge is 0.606 e. The summed E-state index contributed by atoms with van der Waals surface area (Å²) < 4.78 is 40.5. The first kappa shape index (κ1) is 22.1. The van der Waals surface area contributed by atoms with Gasteiger partial charge in [-0.2, -0.15) is 0 Å². The van der Waals surface area contributed by atoms with Gasteiger partial charge in [0.15, 0.2) is 24.3 Å². The topological polar surface area (TPSA) is 88.9 Å². The lowest BCUT2D eigenvalue weighted by Gasteiger charge is -2.40. The molecule has 2 unspecified atom stereocenters. The average Bonchev–Trinajstić information content (AvgIpc) is 3.59. The van der Waals surface area contributed by atoms with Crippen molar-refractivity contribution in [1.29, 1.82) is 0 Å². The normalized spacial score (nSPS) is 22.5. The van der Waals surface area contributed by atoms with Gasteiger partial charge in [0.05, 0.1) is 33.4 Å². The zero-order valence-electron chi connectivity index (χ0n) is 22.5. The molecule has 0 aliphatic carbocycles. The predicted molar refractivity (Wildman–Crippen MR) is 164 cm³/mol. The van der Waals surface area contributed by atoms with Gasteiger partial charge in [0.1, 0.15) is 0 Å². The van der Waals surface area contributed by atoms with Crippen LogP contribution in [0.1, 0.15) is 0 Å². The molecule has 7 aliphatic heterocycles. The SMILES string of the molecule is [O-][S+]1c2ccnc3c2B2c4c1ccc1c4[N+]4(c5c(ccc6c5B5c7c(ccnc7-c7ccc[n+]4c75)[S+]6[O-])O1)[n+]1cccc-3c12. The Kier molecular flexibility index (Phi) is 3.33. The van der Waals surface area contributed by atoms with Crippen LogP contribution in [0.4, 0.5) is 11.4 Å². The maximum atomic E-state index is 14.4. The Morgan fingerprint density at radius 1 is 0.614 bits per heavy atom. The lowest BCUT2D eigenvalue weighted by molar-refractivity contribution is -1.03. The standard InChI is InChI=1S/C32H14B2N5O3S2/c40-43-19-7-5-17-29-25(19)33-23-21(43)9-11-35-27(23)15-3-1-13-37(31(15)33)39(29)30-18(42-17)6-8-20-26(30)34-24-22(44(20)41)10-12-36-28(24)16-4-2-14-38(39)32(16)34/h1-14H/q+3. The van der Waals surface area contributed by atoms with Crippen LogP contribution in [0.25, 0.3) is 22.5 Å². The maximum Gasteiger partial charge on any atom is 0.356 e. The molecule has 12 heteroatoms. The van der Waals surface area contributed by atoms with Gasteiger partial charge in [-0.1, -0.05) is 0 Å². The third-order valence-electron chi connectivity index (χ3n) is 10.7. The highest BCUT2D eigenvalue weighted by Gasteiger charge is 2.77. The minimum Gasteiger partial charge on any atom is -0.606 e. The van der Waals surface area contributed by atoms with Crippen molar-refractivity contribution in [3.05, 3.63) is 85.5 Å². The number of hydrogen-bond acceptors (Lipinski definition) is 5. The summed E-state index contributed by atoms with van der Waals surface area (Å²) in [5.74, 6) is 1.46. The molecule has 0 amide bonds. The van der Waals surface area contributed by atoms with E-state index in [1.54, 1.807) is 12.4 Å². The molecule has 7 aliphatic rings. The Morgan fingerprint density at radius 3 is 1.59 bits per heavy atom. The van der Waals surface area contributed by atoms with E-state index >= 15 is 0 Å². The van der Waals surface area contributed by atoms with E-state index in [9.17, 15) is 9.11 Å². The van der Waals surface area contributed by atoms with E-state index in [0.29, 0.717) is 0 Å². The van der Waals surface area contributed by atoms with Gasteiger partial charge in [0.2, 0.25) is 35.1 Å². The van der Waals surface area contributed by atoms with Crippen LogP contribution < -0.4 is 51.8 Å². The molecule has 44 heavy (non-hydrogen) atoms. The average molecular weight is 602 g/mol. The molecule has 0 radical (unpaired) electrons. The fourth-order valence-corrected chi connectivity index (χ4v) is 12.3. The Bertz CT molecular complexity index is 2360.